The van der Waals surface area contributed by atoms with Gasteiger partial charge in [-0.05, 0) is 24.0 Å². The Morgan fingerprint density at radius 1 is 1.07 bits per heavy atom. The SMILES string of the molecule is O=C(Nc1cccc2c1OCCO2)C1[C@H]2CN(C(=O)c3c(Cl)cncc3Cl)C[C@H]12. The number of anilines is 1. The van der Waals surface area contributed by atoms with Crippen molar-refractivity contribution in [2.75, 3.05) is 31.6 Å². The molecule has 2 aliphatic heterocycles. The number of piperidine rings is 1. The van der Waals surface area contributed by atoms with E-state index >= 15 is 0 Å². The number of benzene rings is 1. The molecule has 9 heteroatoms. The lowest BCUT2D eigenvalue weighted by Gasteiger charge is -2.22. The second kappa shape index (κ2) is 7.07. The molecule has 1 N–H and O–H groups in total. The quantitative estimate of drug-likeness (QED) is 0.803. The predicted octanol–water partition coefficient (Wildman–Crippen LogP) is 3.12. The molecule has 1 aliphatic carbocycles. The second-order valence-electron chi connectivity index (χ2n) is 7.36. The number of halogens is 2. The van der Waals surface area contributed by atoms with Crippen molar-refractivity contribution in [2.24, 2.45) is 17.8 Å². The molecule has 1 saturated carbocycles. The maximum Gasteiger partial charge on any atom is 0.257 e. The first-order chi connectivity index (χ1) is 14.0. The number of fused-ring (bicyclic) bond motifs is 2. The molecular weight excluding hydrogens is 417 g/mol. The summed E-state index contributed by atoms with van der Waals surface area (Å²) in [6, 6.07) is 5.43. The summed E-state index contributed by atoms with van der Waals surface area (Å²) in [5.74, 6) is 1.06. The number of amides is 2. The largest absolute Gasteiger partial charge is 0.486 e. The molecule has 29 heavy (non-hydrogen) atoms. The molecule has 0 unspecified atom stereocenters. The minimum absolute atomic E-state index is 0.0605. The molecule has 0 radical (unpaired) electrons. The van der Waals surface area contributed by atoms with Crippen molar-refractivity contribution in [1.29, 1.82) is 0 Å². The van der Waals surface area contributed by atoms with Crippen LogP contribution in [-0.4, -0.2) is 48.0 Å². The summed E-state index contributed by atoms with van der Waals surface area (Å²) in [5, 5.41) is 3.42. The van der Waals surface area contributed by atoms with Crippen LogP contribution in [0.1, 0.15) is 10.4 Å². The Hall–Kier alpha value is -2.51. The van der Waals surface area contributed by atoms with E-state index in [0.717, 1.165) is 0 Å². The molecule has 1 aromatic heterocycles. The number of hydrogen-bond acceptors (Lipinski definition) is 5. The standard InChI is InChI=1S/C20H17Cl2N3O4/c21-12-6-23-7-13(22)17(12)20(27)25-8-10-11(9-25)16(10)19(26)24-14-2-1-3-15-18(14)29-5-4-28-15/h1-3,6-7,10-11,16H,4-5,8-9H2,(H,24,26)/t10-,11-/m0/s1. The lowest BCUT2D eigenvalue weighted by Crippen LogP contribution is -2.34. The number of likely N-dealkylation sites (tertiary alicyclic amines) is 1. The third-order valence-corrected chi connectivity index (χ3v) is 6.25. The lowest BCUT2D eigenvalue weighted by atomic mass is 10.2. The molecule has 0 spiro atoms. The molecule has 5 rings (SSSR count). The fraction of sp³-hybridized carbons (Fsp3) is 0.350. The molecule has 1 saturated heterocycles. The van der Waals surface area contributed by atoms with Crippen LogP contribution in [0.4, 0.5) is 5.69 Å². The Morgan fingerprint density at radius 2 is 1.76 bits per heavy atom. The van der Waals surface area contributed by atoms with Crippen molar-refractivity contribution < 1.29 is 19.1 Å². The monoisotopic (exact) mass is 433 g/mol. The smallest absolute Gasteiger partial charge is 0.257 e. The predicted molar refractivity (Wildman–Crippen MR) is 107 cm³/mol. The van der Waals surface area contributed by atoms with Gasteiger partial charge in [0.1, 0.15) is 13.2 Å². The normalized spacial score (nSPS) is 24.1. The topological polar surface area (TPSA) is 80.8 Å². The first kappa shape index (κ1) is 18.5. The number of ether oxygens (including phenoxy) is 2. The highest BCUT2D eigenvalue weighted by molar-refractivity contribution is 6.39. The van der Waals surface area contributed by atoms with Crippen molar-refractivity contribution in [3.63, 3.8) is 0 Å². The van der Waals surface area contributed by atoms with E-state index in [4.69, 9.17) is 32.7 Å². The van der Waals surface area contributed by atoms with E-state index in [0.29, 0.717) is 43.5 Å². The van der Waals surface area contributed by atoms with Crippen LogP contribution < -0.4 is 14.8 Å². The molecule has 2 aromatic rings. The van der Waals surface area contributed by atoms with Gasteiger partial charge in [-0.2, -0.15) is 0 Å². The second-order valence-corrected chi connectivity index (χ2v) is 8.18. The zero-order chi connectivity index (χ0) is 20.1. The molecule has 150 valence electrons. The van der Waals surface area contributed by atoms with Crippen LogP contribution in [0.3, 0.4) is 0 Å². The van der Waals surface area contributed by atoms with Gasteiger partial charge in [0.25, 0.3) is 5.91 Å². The summed E-state index contributed by atoms with van der Waals surface area (Å²) in [6.45, 7) is 1.95. The van der Waals surface area contributed by atoms with Gasteiger partial charge < -0.3 is 19.7 Å². The summed E-state index contributed by atoms with van der Waals surface area (Å²) in [7, 11) is 0. The molecular formula is C20H17Cl2N3O4. The zero-order valence-electron chi connectivity index (χ0n) is 15.2. The van der Waals surface area contributed by atoms with Crippen molar-refractivity contribution >= 4 is 40.7 Å². The van der Waals surface area contributed by atoms with Crippen LogP contribution in [0.25, 0.3) is 0 Å². The highest BCUT2D eigenvalue weighted by Crippen LogP contribution is 2.53. The number of pyridine rings is 1. The Bertz CT molecular complexity index is 983. The van der Waals surface area contributed by atoms with Gasteiger partial charge in [0, 0.05) is 31.4 Å². The summed E-state index contributed by atoms with van der Waals surface area (Å²) >= 11 is 12.2. The van der Waals surface area contributed by atoms with E-state index in [1.165, 1.54) is 12.4 Å². The van der Waals surface area contributed by atoms with Crippen LogP contribution in [0.15, 0.2) is 30.6 Å². The van der Waals surface area contributed by atoms with Crippen LogP contribution >= 0.6 is 23.2 Å². The van der Waals surface area contributed by atoms with Crippen LogP contribution in [0.2, 0.25) is 10.0 Å². The maximum atomic E-state index is 12.8. The third kappa shape index (κ3) is 3.18. The molecule has 7 nitrogen and oxygen atoms in total. The number of rotatable bonds is 3. The first-order valence-corrected chi connectivity index (χ1v) is 10.1. The van der Waals surface area contributed by atoms with E-state index in [1.807, 2.05) is 12.1 Å². The van der Waals surface area contributed by atoms with Crippen molar-refractivity contribution in [3.05, 3.63) is 46.2 Å². The van der Waals surface area contributed by atoms with Gasteiger partial charge >= 0.3 is 0 Å². The highest BCUT2D eigenvalue weighted by atomic mass is 35.5. The fourth-order valence-corrected chi connectivity index (χ4v) is 4.77. The summed E-state index contributed by atoms with van der Waals surface area (Å²) in [4.78, 5) is 31.1. The van der Waals surface area contributed by atoms with Crippen LogP contribution in [0, 0.1) is 17.8 Å². The Balaban J connectivity index is 1.24. The van der Waals surface area contributed by atoms with E-state index in [9.17, 15) is 9.59 Å². The number of nitrogens with zero attached hydrogens (tertiary/aromatic N) is 2. The minimum Gasteiger partial charge on any atom is -0.486 e. The van der Waals surface area contributed by atoms with Crippen LogP contribution in [-0.2, 0) is 4.79 Å². The van der Waals surface area contributed by atoms with Gasteiger partial charge in [-0.15, -0.1) is 0 Å². The molecule has 2 amide bonds. The average Bonchev–Trinajstić information content (AvgIpc) is 3.22. The number of nitrogens with one attached hydrogen (secondary N) is 1. The molecule has 0 bridgehead atoms. The summed E-state index contributed by atoms with van der Waals surface area (Å²) in [5.41, 5.74) is 0.874. The fourth-order valence-electron chi connectivity index (χ4n) is 4.24. The van der Waals surface area contributed by atoms with E-state index in [1.54, 1.807) is 11.0 Å². The van der Waals surface area contributed by atoms with Crippen molar-refractivity contribution in [1.82, 2.24) is 9.88 Å². The van der Waals surface area contributed by atoms with Gasteiger partial charge in [0.2, 0.25) is 5.91 Å². The Labute approximate surface area is 176 Å². The first-order valence-electron chi connectivity index (χ1n) is 9.32. The minimum atomic E-state index is -0.226. The van der Waals surface area contributed by atoms with Gasteiger partial charge in [-0.25, -0.2) is 0 Å². The van der Waals surface area contributed by atoms with E-state index in [2.05, 4.69) is 10.3 Å². The van der Waals surface area contributed by atoms with Gasteiger partial charge in [-0.3, -0.25) is 14.6 Å². The molecule has 2 atom stereocenters. The van der Waals surface area contributed by atoms with Crippen molar-refractivity contribution in [3.8, 4) is 11.5 Å². The van der Waals surface area contributed by atoms with E-state index < -0.39 is 0 Å². The summed E-state index contributed by atoms with van der Waals surface area (Å²) in [6.07, 6.45) is 2.81. The summed E-state index contributed by atoms with van der Waals surface area (Å²) < 4.78 is 11.2. The van der Waals surface area contributed by atoms with Gasteiger partial charge in [0.15, 0.2) is 11.5 Å². The number of hydrogen-bond donors (Lipinski definition) is 1. The highest BCUT2D eigenvalue weighted by Gasteiger charge is 2.60. The van der Waals surface area contributed by atoms with Crippen molar-refractivity contribution in [2.45, 2.75) is 0 Å². The Kier molecular flexibility index (Phi) is 4.52. The zero-order valence-corrected chi connectivity index (χ0v) is 16.7. The van der Waals surface area contributed by atoms with E-state index in [-0.39, 0.29) is 45.2 Å². The number of aromatic nitrogens is 1. The maximum absolute atomic E-state index is 12.8. The van der Waals surface area contributed by atoms with Gasteiger partial charge in [0.05, 0.1) is 21.3 Å². The Morgan fingerprint density at radius 3 is 2.48 bits per heavy atom. The number of carbonyl (C=O) groups is 2. The van der Waals surface area contributed by atoms with Gasteiger partial charge in [-0.1, -0.05) is 29.3 Å². The molecule has 3 aliphatic rings. The molecule has 3 heterocycles. The van der Waals surface area contributed by atoms with Crippen LogP contribution in [0.5, 0.6) is 11.5 Å². The molecule has 1 aromatic carbocycles. The number of carbonyl (C=O) groups excluding carboxylic acids is 2. The molecule has 2 fully saturated rings. The number of para-hydroxylation sites is 1. The average molecular weight is 434 g/mol. The lowest BCUT2D eigenvalue weighted by molar-refractivity contribution is -0.118. The third-order valence-electron chi connectivity index (χ3n) is 5.68.